The van der Waals surface area contributed by atoms with Gasteiger partial charge in [-0.25, -0.2) is 0 Å². The molecule has 0 radical (unpaired) electrons. The minimum absolute atomic E-state index is 0.0410. The predicted octanol–water partition coefficient (Wildman–Crippen LogP) is 2.07. The summed E-state index contributed by atoms with van der Waals surface area (Å²) >= 11 is 1.46. The number of carbonyl (C=O) groups excluding carboxylic acids is 1. The van der Waals surface area contributed by atoms with E-state index in [0.29, 0.717) is 5.92 Å². The molecular formula is C21H26N6OS. The summed E-state index contributed by atoms with van der Waals surface area (Å²) in [7, 11) is 0. The topological polar surface area (TPSA) is 84.3 Å². The van der Waals surface area contributed by atoms with Crippen molar-refractivity contribution >= 4 is 28.9 Å². The molecular weight excluding hydrogens is 384 g/mol. The Morgan fingerprint density at radius 2 is 2.10 bits per heavy atom. The van der Waals surface area contributed by atoms with E-state index in [1.165, 1.54) is 17.2 Å². The molecule has 0 unspecified atom stereocenters. The first-order valence-electron chi connectivity index (χ1n) is 10.1. The fourth-order valence-corrected chi connectivity index (χ4v) is 4.84. The van der Waals surface area contributed by atoms with Gasteiger partial charge in [0.1, 0.15) is 18.4 Å². The lowest BCUT2D eigenvalue weighted by atomic mass is 10.1. The van der Waals surface area contributed by atoms with Crippen molar-refractivity contribution in [3.63, 3.8) is 0 Å². The van der Waals surface area contributed by atoms with Crippen LogP contribution in [0, 0.1) is 17.2 Å². The monoisotopic (exact) mass is 410 g/mol. The van der Waals surface area contributed by atoms with E-state index in [1.54, 1.807) is 0 Å². The number of rotatable bonds is 5. The van der Waals surface area contributed by atoms with E-state index >= 15 is 0 Å². The molecule has 0 spiro atoms. The highest BCUT2D eigenvalue weighted by Crippen LogP contribution is 2.34. The van der Waals surface area contributed by atoms with Gasteiger partial charge in [0.2, 0.25) is 5.91 Å². The molecule has 1 aromatic carbocycles. The average molecular weight is 411 g/mol. The van der Waals surface area contributed by atoms with Gasteiger partial charge in [0, 0.05) is 44.5 Å². The molecule has 1 aromatic heterocycles. The predicted molar refractivity (Wildman–Crippen MR) is 116 cm³/mol. The fraction of sp³-hybridized carbons (Fsp3) is 0.476. The van der Waals surface area contributed by atoms with Crippen molar-refractivity contribution < 1.29 is 4.79 Å². The normalized spacial score (nSPS) is 21.8. The van der Waals surface area contributed by atoms with Crippen molar-refractivity contribution in [2.24, 2.45) is 5.92 Å². The van der Waals surface area contributed by atoms with Crippen LogP contribution >= 0.6 is 11.5 Å². The Balaban J connectivity index is 1.48. The molecule has 0 bridgehead atoms. The van der Waals surface area contributed by atoms with Crippen LogP contribution in [0.2, 0.25) is 0 Å². The van der Waals surface area contributed by atoms with Gasteiger partial charge < -0.3 is 20.4 Å². The van der Waals surface area contributed by atoms with Gasteiger partial charge in [-0.3, -0.25) is 4.79 Å². The lowest BCUT2D eigenvalue weighted by Gasteiger charge is -2.29. The van der Waals surface area contributed by atoms with Crippen LogP contribution in [-0.2, 0) is 4.79 Å². The molecule has 0 saturated carbocycles. The summed E-state index contributed by atoms with van der Waals surface area (Å²) in [4.78, 5) is 18.0. The Morgan fingerprint density at radius 1 is 1.34 bits per heavy atom. The van der Waals surface area contributed by atoms with Crippen molar-refractivity contribution in [1.82, 2.24) is 15.0 Å². The molecule has 2 aliphatic rings. The van der Waals surface area contributed by atoms with E-state index < -0.39 is 0 Å². The van der Waals surface area contributed by atoms with Crippen molar-refractivity contribution in [3.8, 4) is 16.5 Å². The summed E-state index contributed by atoms with van der Waals surface area (Å²) in [5, 5.41) is 14.8. The highest BCUT2D eigenvalue weighted by Gasteiger charge is 2.36. The second-order valence-electron chi connectivity index (χ2n) is 7.72. The largest absolute Gasteiger partial charge is 0.369 e. The third-order valence-corrected chi connectivity index (χ3v) is 6.41. The summed E-state index contributed by atoms with van der Waals surface area (Å²) in [6.07, 6.45) is 0.781. The molecule has 2 aromatic rings. The first-order valence-corrected chi connectivity index (χ1v) is 10.9. The molecule has 3 heterocycles. The third kappa shape index (κ3) is 4.36. The number of amides is 1. The summed E-state index contributed by atoms with van der Waals surface area (Å²) in [6, 6.07) is 12.4. The maximum absolute atomic E-state index is 12.5. The van der Waals surface area contributed by atoms with Crippen LogP contribution in [0.4, 0.5) is 11.5 Å². The van der Waals surface area contributed by atoms with Crippen LogP contribution in [0.1, 0.15) is 13.3 Å². The maximum Gasteiger partial charge on any atom is 0.243 e. The number of nitrogens with one attached hydrogen (secondary N) is 2. The minimum Gasteiger partial charge on any atom is -0.369 e. The summed E-state index contributed by atoms with van der Waals surface area (Å²) in [5.74, 6) is 1.17. The summed E-state index contributed by atoms with van der Waals surface area (Å²) in [6.45, 7) is 7.11. The van der Waals surface area contributed by atoms with Crippen LogP contribution < -0.4 is 20.4 Å². The van der Waals surface area contributed by atoms with Crippen molar-refractivity contribution in [2.45, 2.75) is 19.4 Å². The zero-order chi connectivity index (χ0) is 20.2. The van der Waals surface area contributed by atoms with Gasteiger partial charge in [-0.2, -0.15) is 9.64 Å². The molecule has 2 fully saturated rings. The summed E-state index contributed by atoms with van der Waals surface area (Å²) in [5.41, 5.74) is 2.40. The number of nitrogens with zero attached hydrogens (tertiary/aromatic N) is 4. The van der Waals surface area contributed by atoms with Crippen molar-refractivity contribution in [1.29, 1.82) is 5.26 Å². The van der Waals surface area contributed by atoms with Crippen LogP contribution in [-0.4, -0.2) is 55.6 Å². The van der Waals surface area contributed by atoms with Crippen molar-refractivity contribution in [3.05, 3.63) is 30.3 Å². The Hall–Kier alpha value is -2.63. The molecule has 0 aliphatic carbocycles. The van der Waals surface area contributed by atoms with E-state index in [2.05, 4.69) is 62.1 Å². The number of piperazine rings is 1. The number of hydrogen-bond donors (Lipinski definition) is 2. The van der Waals surface area contributed by atoms with E-state index in [4.69, 9.17) is 5.26 Å². The number of nitriles is 1. The molecule has 29 heavy (non-hydrogen) atoms. The smallest absolute Gasteiger partial charge is 0.243 e. The molecule has 1 amide bonds. The lowest BCUT2D eigenvalue weighted by Crippen LogP contribution is -2.43. The Bertz CT molecular complexity index is 883. The number of benzene rings is 1. The molecule has 8 heteroatoms. The van der Waals surface area contributed by atoms with Gasteiger partial charge >= 0.3 is 0 Å². The molecule has 2 N–H and O–H groups in total. The van der Waals surface area contributed by atoms with Gasteiger partial charge in [0.15, 0.2) is 0 Å². The average Bonchev–Trinajstić information content (AvgIpc) is 3.39. The zero-order valence-electron chi connectivity index (χ0n) is 16.6. The van der Waals surface area contributed by atoms with Crippen LogP contribution in [0.5, 0.6) is 0 Å². The number of anilines is 2. The van der Waals surface area contributed by atoms with Crippen LogP contribution in [0.3, 0.4) is 0 Å². The van der Waals surface area contributed by atoms with Gasteiger partial charge in [-0.15, -0.1) is 0 Å². The number of carbonyl (C=O) groups is 1. The highest BCUT2D eigenvalue weighted by molar-refractivity contribution is 7.09. The van der Waals surface area contributed by atoms with Gasteiger partial charge in [0.25, 0.3) is 0 Å². The Labute approximate surface area is 175 Å². The standard InChI is InChI=1S/C21H26N6OS/c1-15-12-18(21(28)24-7-6-22)27(14-15)20-13-19(29-25-20)16-2-4-17(5-3-16)26-10-8-23-9-11-26/h2-5,13,15,18,23H,7-12,14H2,1H3,(H,24,28)/t15-,18-/m0/s1. The van der Waals surface area contributed by atoms with Crippen LogP contribution in [0.15, 0.2) is 30.3 Å². The second kappa shape index (κ2) is 8.80. The van der Waals surface area contributed by atoms with Gasteiger partial charge in [-0.1, -0.05) is 19.1 Å². The van der Waals surface area contributed by atoms with E-state index in [-0.39, 0.29) is 18.5 Å². The second-order valence-corrected chi connectivity index (χ2v) is 8.52. The Kier molecular flexibility index (Phi) is 5.97. The molecule has 4 rings (SSSR count). The fourth-order valence-electron chi connectivity index (χ4n) is 4.09. The zero-order valence-corrected chi connectivity index (χ0v) is 17.4. The minimum atomic E-state index is -0.261. The molecule has 2 aliphatic heterocycles. The first kappa shape index (κ1) is 19.7. The lowest BCUT2D eigenvalue weighted by molar-refractivity contribution is -0.122. The molecule has 2 saturated heterocycles. The Morgan fingerprint density at radius 3 is 2.83 bits per heavy atom. The first-order chi connectivity index (χ1) is 14.2. The van der Waals surface area contributed by atoms with E-state index in [0.717, 1.165) is 55.4 Å². The quantitative estimate of drug-likeness (QED) is 0.734. The molecule has 2 atom stereocenters. The SMILES string of the molecule is C[C@H]1C[C@@H](C(=O)NCC#N)N(c2cc(-c3ccc(N4CCNCC4)cc3)sn2)C1. The van der Waals surface area contributed by atoms with Crippen LogP contribution in [0.25, 0.3) is 10.4 Å². The van der Waals surface area contributed by atoms with Gasteiger partial charge in [0.05, 0.1) is 10.9 Å². The maximum atomic E-state index is 12.5. The van der Waals surface area contributed by atoms with Crippen molar-refractivity contribution in [2.75, 3.05) is 49.1 Å². The number of aromatic nitrogens is 1. The molecule has 7 nitrogen and oxygen atoms in total. The third-order valence-electron chi connectivity index (χ3n) is 5.58. The summed E-state index contributed by atoms with van der Waals surface area (Å²) < 4.78 is 4.64. The van der Waals surface area contributed by atoms with E-state index in [1.807, 2.05) is 6.07 Å². The highest BCUT2D eigenvalue weighted by atomic mass is 32.1. The number of hydrogen-bond acceptors (Lipinski definition) is 7. The van der Waals surface area contributed by atoms with E-state index in [9.17, 15) is 4.79 Å². The molecule has 152 valence electrons. The van der Waals surface area contributed by atoms with Gasteiger partial charge in [-0.05, 0) is 41.6 Å².